The van der Waals surface area contributed by atoms with E-state index >= 15 is 0 Å². The van der Waals surface area contributed by atoms with E-state index in [0.29, 0.717) is 10.5 Å². The zero-order valence-electron chi connectivity index (χ0n) is 5.95. The molecule has 1 radical (unpaired) electrons. The van der Waals surface area contributed by atoms with Crippen LogP contribution >= 0.6 is 8.53 Å². The number of anilines is 1. The van der Waals surface area contributed by atoms with Crippen LogP contribution < -0.4 is 16.0 Å². The summed E-state index contributed by atoms with van der Waals surface area (Å²) in [6.07, 6.45) is 1.61. The van der Waals surface area contributed by atoms with E-state index < -0.39 is 8.53 Å². The molecule has 12 heavy (non-hydrogen) atoms. The molecule has 0 saturated carbocycles. The van der Waals surface area contributed by atoms with E-state index in [0.717, 1.165) is 0 Å². The van der Waals surface area contributed by atoms with Gasteiger partial charge in [0.15, 0.2) is 0 Å². The van der Waals surface area contributed by atoms with Crippen molar-refractivity contribution in [2.75, 3.05) is 5.73 Å². The number of aromatic nitrogens is 2. The van der Waals surface area contributed by atoms with E-state index in [2.05, 4.69) is 31.5 Å². The molecule has 1 heterocycles. The van der Waals surface area contributed by atoms with Crippen molar-refractivity contribution in [3.63, 3.8) is 0 Å². The van der Waals surface area contributed by atoms with E-state index in [9.17, 15) is 0 Å². The number of nitrogens with two attached hydrogens (primary N) is 2. The van der Waals surface area contributed by atoms with Gasteiger partial charge in [-0.1, -0.05) is 0 Å². The van der Waals surface area contributed by atoms with Crippen LogP contribution in [0.2, 0.25) is 0 Å². The molecule has 0 bridgehead atoms. The van der Waals surface area contributed by atoms with Crippen molar-refractivity contribution < 1.29 is 9.79 Å². The molecular weight excluding hydrogens is 246 g/mol. The van der Waals surface area contributed by atoms with E-state index in [1.54, 1.807) is 12.3 Å². The molecule has 0 aromatic carbocycles. The van der Waals surface area contributed by atoms with Crippen LogP contribution in [0.5, 0.6) is 0 Å². The molecule has 0 unspecified atom stereocenters. The predicted molar refractivity (Wildman–Crippen MR) is 47.4 cm³/mol. The number of nitrogens with zero attached hydrogens (tertiary/aromatic N) is 2. The fraction of sp³-hybridized carbons (Fsp3) is 0. The summed E-state index contributed by atoms with van der Waals surface area (Å²) in [7, 11) is -2.12. The zero-order valence-corrected chi connectivity index (χ0v) is 8.56. The van der Waals surface area contributed by atoms with Crippen LogP contribution in [0.25, 0.3) is 0 Å². The van der Waals surface area contributed by atoms with Crippen LogP contribution in [0.1, 0.15) is 0 Å². The first-order valence-corrected chi connectivity index (χ1v) is 4.87. The fourth-order valence-electron chi connectivity index (χ4n) is 0.354. The van der Waals surface area contributed by atoms with Gasteiger partial charge >= 0.3 is 54.5 Å². The molecule has 0 aliphatic heterocycles. The molecule has 1 rings (SSSR count). The molecule has 0 aliphatic rings. The van der Waals surface area contributed by atoms with Gasteiger partial charge in [0.2, 0.25) is 8.53 Å². The van der Waals surface area contributed by atoms with Gasteiger partial charge in [-0.15, -0.1) is 0 Å². The second-order valence-corrected chi connectivity index (χ2v) is 2.99. The summed E-state index contributed by atoms with van der Waals surface area (Å²) in [5, 5.41) is 0. The Balaban J connectivity index is 0.000000261. The molecule has 0 aliphatic carbocycles. The monoisotopic (exact) mass is 255 g/mol. The molecule has 6 nitrogen and oxygen atoms in total. The van der Waals surface area contributed by atoms with Crippen LogP contribution in [0.15, 0.2) is 12.3 Å². The van der Waals surface area contributed by atoms with Gasteiger partial charge in [-0.2, -0.15) is 0 Å². The minimum atomic E-state index is -2.12. The Kier molecular flexibility index (Phi) is 6.10. The van der Waals surface area contributed by atoms with Crippen LogP contribution in [-0.4, -0.2) is 35.8 Å². The SMILES string of the molecule is NP(O)O.Nc1ccnc([Se])n1. The molecule has 67 valence electrons. The maximum atomic E-state index is 7.45. The van der Waals surface area contributed by atoms with Gasteiger partial charge in [-0.25, -0.2) is 0 Å². The molecule has 0 atom stereocenters. The van der Waals surface area contributed by atoms with Crippen molar-refractivity contribution in [2.45, 2.75) is 0 Å². The average molecular weight is 254 g/mol. The third kappa shape index (κ3) is 7.81. The summed E-state index contributed by atoms with van der Waals surface area (Å²) >= 11 is 2.64. The summed E-state index contributed by atoms with van der Waals surface area (Å²) in [4.78, 5) is 22.5. The second kappa shape index (κ2) is 6.25. The van der Waals surface area contributed by atoms with E-state index in [-0.39, 0.29) is 0 Å². The zero-order chi connectivity index (χ0) is 9.56. The van der Waals surface area contributed by atoms with Gasteiger partial charge in [-0.3, -0.25) is 5.50 Å². The van der Waals surface area contributed by atoms with Crippen molar-refractivity contribution in [1.82, 2.24) is 9.97 Å². The first kappa shape index (κ1) is 11.7. The number of hydrogen-bond donors (Lipinski definition) is 4. The third-order valence-electron chi connectivity index (χ3n) is 0.655. The summed E-state index contributed by atoms with van der Waals surface area (Å²) < 4.78 is 0.588. The Hall–Kier alpha value is -0.291. The van der Waals surface area contributed by atoms with Gasteiger partial charge in [-0.05, 0) is 0 Å². The Bertz CT molecular complexity index is 216. The first-order chi connectivity index (χ1) is 5.52. The molecule has 0 saturated heterocycles. The number of rotatable bonds is 0. The molecule has 0 amide bonds. The number of nitrogen functional groups attached to an aromatic ring is 1. The molecular formula is C4H8N4O2PSe. The summed E-state index contributed by atoms with van der Waals surface area (Å²) in [6, 6.07) is 1.64. The molecule has 1 aromatic heterocycles. The van der Waals surface area contributed by atoms with Crippen LogP contribution in [0, 0.1) is 0 Å². The molecule has 0 spiro atoms. The molecule has 6 N–H and O–H groups in total. The maximum absolute atomic E-state index is 7.45. The van der Waals surface area contributed by atoms with Gasteiger partial charge in [0.25, 0.3) is 0 Å². The quantitative estimate of drug-likeness (QED) is 0.314. The molecule has 1 aromatic rings. The first-order valence-electron chi connectivity index (χ1n) is 2.70. The molecule has 0 fully saturated rings. The summed E-state index contributed by atoms with van der Waals surface area (Å²) in [5.41, 5.74) is 9.57. The predicted octanol–water partition coefficient (Wildman–Crippen LogP) is -1.99. The second-order valence-electron chi connectivity index (χ2n) is 1.58. The Morgan fingerprint density at radius 3 is 2.25 bits per heavy atom. The molecule has 8 heteroatoms. The van der Waals surface area contributed by atoms with Crippen molar-refractivity contribution in [3.05, 3.63) is 12.3 Å². The van der Waals surface area contributed by atoms with Gasteiger partial charge < -0.3 is 9.79 Å². The summed E-state index contributed by atoms with van der Waals surface area (Å²) in [6.45, 7) is 0. The standard InChI is InChI=1S/C4H4N3Se.H4NO2P/c5-3-1-2-6-4(8)7-3;1-4(2)3/h1-2H,(H2,5,6,7);2-3H,1H2. The van der Waals surface area contributed by atoms with E-state index in [1.807, 2.05) is 0 Å². The fourth-order valence-corrected chi connectivity index (χ4v) is 0.703. The van der Waals surface area contributed by atoms with E-state index in [4.69, 9.17) is 15.5 Å². The topological polar surface area (TPSA) is 118 Å². The van der Waals surface area contributed by atoms with Crippen LogP contribution in [-0.2, 0) is 0 Å². The Morgan fingerprint density at radius 2 is 2.00 bits per heavy atom. The Labute approximate surface area is 78.8 Å². The number of hydrogen-bond acceptors (Lipinski definition) is 6. The summed E-state index contributed by atoms with van der Waals surface area (Å²) in [5.74, 6) is 0.494. The van der Waals surface area contributed by atoms with Crippen LogP contribution in [0.4, 0.5) is 5.82 Å². The van der Waals surface area contributed by atoms with Crippen molar-refractivity contribution in [2.24, 2.45) is 5.50 Å². The van der Waals surface area contributed by atoms with Crippen molar-refractivity contribution in [3.8, 4) is 0 Å². The van der Waals surface area contributed by atoms with Gasteiger partial charge in [0, 0.05) is 0 Å². The third-order valence-corrected chi connectivity index (χ3v) is 1.07. The van der Waals surface area contributed by atoms with Crippen molar-refractivity contribution in [1.29, 1.82) is 0 Å². The van der Waals surface area contributed by atoms with Gasteiger partial charge in [0.05, 0.1) is 0 Å². The van der Waals surface area contributed by atoms with Crippen molar-refractivity contribution >= 4 is 35.1 Å². The Morgan fingerprint density at radius 1 is 1.50 bits per heavy atom. The average Bonchev–Trinajstić information content (AvgIpc) is 1.84. The minimum absolute atomic E-state index is 0.494. The van der Waals surface area contributed by atoms with E-state index in [1.165, 1.54) is 0 Å². The normalized spacial score (nSPS) is 9.00. The van der Waals surface area contributed by atoms with Gasteiger partial charge in [0.1, 0.15) is 0 Å². The van der Waals surface area contributed by atoms with Crippen LogP contribution in [0.3, 0.4) is 0 Å².